The average molecular weight is 366 g/mol. The van der Waals surface area contributed by atoms with Crippen LogP contribution in [0.1, 0.15) is 51.5 Å². The molecule has 25 heavy (non-hydrogen) atoms. The first-order valence-electron chi connectivity index (χ1n) is 9.36. The Labute approximate surface area is 152 Å². The first kappa shape index (κ1) is 17.1. The molecule has 2 atom stereocenters. The first-order valence-corrected chi connectivity index (χ1v) is 9.74. The number of piperidine rings is 1. The van der Waals surface area contributed by atoms with Crippen molar-refractivity contribution < 1.29 is 4.39 Å². The molecule has 2 aromatic rings. The lowest BCUT2D eigenvalue weighted by atomic mass is 9.85. The Balaban J connectivity index is 1.53. The molecule has 0 radical (unpaired) electrons. The van der Waals surface area contributed by atoms with Gasteiger partial charge in [0.05, 0.1) is 16.1 Å². The molecule has 1 aromatic heterocycles. The zero-order valence-corrected chi connectivity index (χ0v) is 15.4. The van der Waals surface area contributed by atoms with Crippen LogP contribution in [0.5, 0.6) is 0 Å². The maximum atomic E-state index is 13.7. The van der Waals surface area contributed by atoms with Crippen LogP contribution in [-0.2, 0) is 0 Å². The van der Waals surface area contributed by atoms with Crippen LogP contribution in [-0.4, -0.2) is 33.6 Å². The minimum atomic E-state index is -0.496. The van der Waals surface area contributed by atoms with E-state index in [-0.39, 0.29) is 16.8 Å². The number of likely N-dealkylation sites (tertiary alicyclic amines) is 1. The SMILES string of the molecule is CC1CCCC(N2CCC(n3c(=O)[nH]c4cc(F)c(Cl)cc43)CC2)C1. The molecule has 0 amide bonds. The molecule has 2 aliphatic rings. The number of halogens is 2. The molecule has 2 unspecified atom stereocenters. The lowest BCUT2D eigenvalue weighted by Crippen LogP contribution is -2.44. The molecule has 4 nitrogen and oxygen atoms in total. The molecule has 0 spiro atoms. The van der Waals surface area contributed by atoms with Gasteiger partial charge in [0, 0.05) is 31.2 Å². The first-order chi connectivity index (χ1) is 12.0. The molecule has 136 valence electrons. The topological polar surface area (TPSA) is 41.0 Å². The summed E-state index contributed by atoms with van der Waals surface area (Å²) in [5.74, 6) is 0.327. The third-order valence-corrected chi connectivity index (χ3v) is 6.34. The molecule has 1 N–H and O–H groups in total. The van der Waals surface area contributed by atoms with Crippen LogP contribution in [0.2, 0.25) is 5.02 Å². The summed E-state index contributed by atoms with van der Waals surface area (Å²) in [6.45, 7) is 4.40. The van der Waals surface area contributed by atoms with Gasteiger partial charge in [0.2, 0.25) is 0 Å². The van der Waals surface area contributed by atoms with E-state index in [0.29, 0.717) is 17.1 Å². The second kappa shape index (κ2) is 6.76. The highest BCUT2D eigenvalue weighted by atomic mass is 35.5. The van der Waals surface area contributed by atoms with Gasteiger partial charge in [-0.2, -0.15) is 0 Å². The third kappa shape index (κ3) is 3.24. The number of H-pyrrole nitrogens is 1. The normalized spacial score (nSPS) is 26.4. The predicted octanol–water partition coefficient (Wildman–Crippen LogP) is 4.34. The van der Waals surface area contributed by atoms with Crippen LogP contribution in [0.25, 0.3) is 11.0 Å². The minimum Gasteiger partial charge on any atom is -0.305 e. The van der Waals surface area contributed by atoms with Crippen LogP contribution in [0.15, 0.2) is 16.9 Å². The van der Waals surface area contributed by atoms with Gasteiger partial charge in [0.25, 0.3) is 0 Å². The molecule has 1 aromatic carbocycles. The van der Waals surface area contributed by atoms with Gasteiger partial charge in [-0.05, 0) is 37.7 Å². The fourth-order valence-corrected chi connectivity index (χ4v) is 4.88. The summed E-state index contributed by atoms with van der Waals surface area (Å²) in [6, 6.07) is 3.74. The third-order valence-electron chi connectivity index (χ3n) is 6.05. The summed E-state index contributed by atoms with van der Waals surface area (Å²) in [5.41, 5.74) is 1.07. The van der Waals surface area contributed by atoms with Crippen molar-refractivity contribution in [2.45, 2.75) is 57.5 Å². The van der Waals surface area contributed by atoms with Crippen molar-refractivity contribution in [1.29, 1.82) is 0 Å². The van der Waals surface area contributed by atoms with Gasteiger partial charge < -0.3 is 9.88 Å². The number of nitrogens with zero attached hydrogens (tertiary/aromatic N) is 2. The van der Waals surface area contributed by atoms with Gasteiger partial charge in [-0.1, -0.05) is 31.4 Å². The Kier molecular flexibility index (Phi) is 4.63. The molecular weight excluding hydrogens is 341 g/mol. The molecule has 1 saturated carbocycles. The number of benzene rings is 1. The van der Waals surface area contributed by atoms with Gasteiger partial charge in [-0.15, -0.1) is 0 Å². The van der Waals surface area contributed by atoms with E-state index >= 15 is 0 Å². The van der Waals surface area contributed by atoms with Gasteiger partial charge >= 0.3 is 5.69 Å². The van der Waals surface area contributed by atoms with E-state index in [2.05, 4.69) is 16.8 Å². The van der Waals surface area contributed by atoms with Crippen molar-refractivity contribution >= 4 is 22.6 Å². The van der Waals surface area contributed by atoms with Crippen LogP contribution in [0.4, 0.5) is 4.39 Å². The van der Waals surface area contributed by atoms with Crippen LogP contribution < -0.4 is 5.69 Å². The summed E-state index contributed by atoms with van der Waals surface area (Å²) >= 11 is 5.93. The summed E-state index contributed by atoms with van der Waals surface area (Å²) in [5, 5.41) is 0.0638. The highest BCUT2D eigenvalue weighted by molar-refractivity contribution is 6.31. The van der Waals surface area contributed by atoms with Crippen molar-refractivity contribution in [1.82, 2.24) is 14.5 Å². The van der Waals surface area contributed by atoms with Crippen molar-refractivity contribution in [3.63, 3.8) is 0 Å². The molecule has 1 aliphatic carbocycles. The van der Waals surface area contributed by atoms with Crippen molar-refractivity contribution in [3.05, 3.63) is 33.5 Å². The fraction of sp³-hybridized carbons (Fsp3) is 0.632. The molecule has 4 rings (SSSR count). The molecule has 1 saturated heterocycles. The summed E-state index contributed by atoms with van der Waals surface area (Å²) in [4.78, 5) is 17.8. The highest BCUT2D eigenvalue weighted by Crippen LogP contribution is 2.32. The van der Waals surface area contributed by atoms with E-state index in [1.54, 1.807) is 10.6 Å². The van der Waals surface area contributed by atoms with Crippen LogP contribution >= 0.6 is 11.6 Å². The lowest BCUT2D eigenvalue weighted by molar-refractivity contribution is 0.0948. The number of fused-ring (bicyclic) bond motifs is 1. The van der Waals surface area contributed by atoms with E-state index in [1.165, 1.54) is 31.7 Å². The number of nitrogens with one attached hydrogen (secondary N) is 1. The Morgan fingerprint density at radius 1 is 1.16 bits per heavy atom. The largest absolute Gasteiger partial charge is 0.326 e. The van der Waals surface area contributed by atoms with E-state index in [0.717, 1.165) is 31.8 Å². The fourth-order valence-electron chi connectivity index (χ4n) is 4.73. The van der Waals surface area contributed by atoms with E-state index in [4.69, 9.17) is 11.6 Å². The number of aromatic amines is 1. The second-order valence-electron chi connectivity index (χ2n) is 7.78. The van der Waals surface area contributed by atoms with Crippen LogP contribution in [0, 0.1) is 11.7 Å². The van der Waals surface area contributed by atoms with Crippen molar-refractivity contribution in [2.75, 3.05) is 13.1 Å². The maximum Gasteiger partial charge on any atom is 0.326 e. The number of rotatable bonds is 2. The molecule has 2 heterocycles. The van der Waals surface area contributed by atoms with Gasteiger partial charge in [0.1, 0.15) is 5.82 Å². The van der Waals surface area contributed by atoms with E-state index in [9.17, 15) is 9.18 Å². The number of imidazole rings is 1. The monoisotopic (exact) mass is 365 g/mol. The minimum absolute atomic E-state index is 0.0638. The van der Waals surface area contributed by atoms with E-state index < -0.39 is 5.82 Å². The van der Waals surface area contributed by atoms with Crippen molar-refractivity contribution in [3.8, 4) is 0 Å². The zero-order chi connectivity index (χ0) is 17.6. The standard InChI is InChI=1S/C19H25ClFN3O/c1-12-3-2-4-14(9-12)23-7-5-13(6-8-23)24-18-10-15(20)16(21)11-17(18)22-19(24)25/h10-14H,2-9H2,1H3,(H,22,25). The summed E-state index contributed by atoms with van der Waals surface area (Å²) in [6.07, 6.45) is 7.19. The van der Waals surface area contributed by atoms with Gasteiger partial charge in [-0.25, -0.2) is 9.18 Å². The molecule has 1 aliphatic heterocycles. The average Bonchev–Trinajstić information content (AvgIpc) is 2.90. The number of hydrogen-bond donors (Lipinski definition) is 1. The molecule has 6 heteroatoms. The molecular formula is C19H25ClFN3O. The van der Waals surface area contributed by atoms with Gasteiger partial charge in [0.15, 0.2) is 0 Å². The number of hydrogen-bond acceptors (Lipinski definition) is 2. The molecule has 2 fully saturated rings. The summed E-state index contributed by atoms with van der Waals surface area (Å²) < 4.78 is 15.4. The Morgan fingerprint density at radius 3 is 2.64 bits per heavy atom. The quantitative estimate of drug-likeness (QED) is 0.860. The zero-order valence-electron chi connectivity index (χ0n) is 14.6. The maximum absolute atomic E-state index is 13.7. The second-order valence-corrected chi connectivity index (χ2v) is 8.18. The number of aromatic nitrogens is 2. The molecule has 0 bridgehead atoms. The predicted molar refractivity (Wildman–Crippen MR) is 98.8 cm³/mol. The summed E-state index contributed by atoms with van der Waals surface area (Å²) in [7, 11) is 0. The Hall–Kier alpha value is -1.33. The Bertz CT molecular complexity index is 822. The van der Waals surface area contributed by atoms with E-state index in [1.807, 2.05) is 0 Å². The lowest BCUT2D eigenvalue weighted by Gasteiger charge is -2.41. The Morgan fingerprint density at radius 2 is 1.92 bits per heavy atom. The van der Waals surface area contributed by atoms with Crippen molar-refractivity contribution in [2.24, 2.45) is 5.92 Å². The van der Waals surface area contributed by atoms with Crippen LogP contribution in [0.3, 0.4) is 0 Å². The highest BCUT2D eigenvalue weighted by Gasteiger charge is 2.30. The van der Waals surface area contributed by atoms with Gasteiger partial charge in [-0.3, -0.25) is 4.57 Å². The smallest absolute Gasteiger partial charge is 0.305 e.